The number of amides is 1. The summed E-state index contributed by atoms with van der Waals surface area (Å²) in [7, 11) is 10.9. The van der Waals surface area contributed by atoms with E-state index in [1.807, 2.05) is 25.1 Å². The summed E-state index contributed by atoms with van der Waals surface area (Å²) in [4.78, 5) is 10.5. The van der Waals surface area contributed by atoms with Crippen LogP contribution < -0.4 is 0 Å². The van der Waals surface area contributed by atoms with Gasteiger partial charge in [-0.1, -0.05) is 72.8 Å². The molecule has 0 saturated carbocycles. The molecule has 3 aromatic rings. The Kier molecular flexibility index (Phi) is 12.9. The summed E-state index contributed by atoms with van der Waals surface area (Å²) in [6.45, 7) is 6.13. The van der Waals surface area contributed by atoms with Gasteiger partial charge >= 0.3 is 35.6 Å². The first kappa shape index (κ1) is 25.7. The number of nitrogens with one attached hydrogen (secondary N) is 1. The molecule has 4 rings (SSSR count). The van der Waals surface area contributed by atoms with E-state index in [0.717, 1.165) is 21.5 Å². The molecular formula is C23H23Cl2NOSiTi-2. The Hall–Kier alpha value is -1.36. The maximum absolute atomic E-state index is 10.5. The molecule has 0 aliphatic heterocycles. The second kappa shape index (κ2) is 14.6. The summed E-state index contributed by atoms with van der Waals surface area (Å²) in [5.41, 5.74) is 13.7. The van der Waals surface area contributed by atoms with Crippen molar-refractivity contribution in [2.75, 3.05) is 0 Å². The molecule has 6 heteroatoms. The van der Waals surface area contributed by atoms with Crippen LogP contribution in [0.5, 0.6) is 0 Å². The number of halogens is 2. The minimum Gasteiger partial charge on any atom is -0.179 e. The predicted octanol–water partition coefficient (Wildman–Crippen LogP) is 7.41. The molecule has 0 saturated heterocycles. The largest absolute Gasteiger partial charge is 0.179 e. The molecule has 0 fully saturated rings. The maximum atomic E-state index is 10.5. The number of hydrogen-bond donors (Lipinski definition) is 0. The van der Waals surface area contributed by atoms with Gasteiger partial charge in [0.05, 0.1) is 5.91 Å². The van der Waals surface area contributed by atoms with Crippen LogP contribution in [0.4, 0.5) is 0 Å². The molecule has 1 amide bonds. The van der Waals surface area contributed by atoms with Crippen LogP contribution in [-0.2, 0) is 23.5 Å². The van der Waals surface area contributed by atoms with E-state index >= 15 is 0 Å². The van der Waals surface area contributed by atoms with Gasteiger partial charge in [-0.15, -0.1) is 5.56 Å². The van der Waals surface area contributed by atoms with Gasteiger partial charge in [-0.05, 0) is 18.9 Å². The van der Waals surface area contributed by atoms with Crippen LogP contribution in [0.3, 0.4) is 0 Å². The van der Waals surface area contributed by atoms with Crippen LogP contribution in [0.15, 0.2) is 66.7 Å². The summed E-state index contributed by atoms with van der Waals surface area (Å²) in [6.07, 6.45) is 1.05. The summed E-state index contributed by atoms with van der Waals surface area (Å²) in [5.74, 6) is -0.613. The standard InChI is InChI=1S/C13H9.C8H9NO.C2H6Si.2ClH.Ti/c1-3-7-12-10(5-1)9-11-6-2-4-8-13(11)12;1-6-4-2-3-5-7(6)8(9)10;1-3-2;;;/h1-5,7-8H,9H2;2-5H,1H3,(H2,9,10);1-2H3;2*1H;/q-1;;;;;+2/p-3. The van der Waals surface area contributed by atoms with Crippen molar-refractivity contribution in [1.82, 2.24) is 0 Å². The van der Waals surface area contributed by atoms with Crippen molar-refractivity contribution < 1.29 is 21.8 Å². The Bertz CT molecular complexity index is 860. The fraction of sp³-hybridized carbons (Fsp3) is 0.174. The third kappa shape index (κ3) is 8.49. The molecule has 0 spiro atoms. The van der Waals surface area contributed by atoms with Gasteiger partial charge in [-0.3, -0.25) is 0 Å². The third-order valence-corrected chi connectivity index (χ3v) is 4.01. The number of aryl methyl sites for hydroxylation is 1. The van der Waals surface area contributed by atoms with Gasteiger partial charge in [-0.2, -0.15) is 29.8 Å². The van der Waals surface area contributed by atoms with E-state index in [4.69, 9.17) is 24.3 Å². The Morgan fingerprint density at radius 2 is 1.55 bits per heavy atom. The quantitative estimate of drug-likeness (QED) is 0.208. The zero-order chi connectivity index (χ0) is 21.6. The van der Waals surface area contributed by atoms with E-state index in [-0.39, 0.29) is 0 Å². The molecular weight excluding hydrogens is 453 g/mol. The second-order valence-electron chi connectivity index (χ2n) is 6.11. The molecule has 1 N–H and O–H groups in total. The van der Waals surface area contributed by atoms with E-state index in [9.17, 15) is 4.79 Å². The SMILES string of the molecule is C[Si]C.Cc1ccccc1C([NH-])=O.[Cl][Ti][Cl].[c-]1cccc2c1Cc1ccccc1-2. The average Bonchev–Trinajstić information content (AvgIpc) is 3.09. The zero-order valence-corrected chi connectivity index (χ0v) is 20.8. The number of fused-ring (bicyclic) bond motifs is 3. The fourth-order valence-corrected chi connectivity index (χ4v) is 2.83. The first-order valence-electron chi connectivity index (χ1n) is 8.94. The minimum absolute atomic E-state index is 0.488. The normalized spacial score (nSPS) is 9.83. The van der Waals surface area contributed by atoms with E-state index in [1.165, 1.54) is 22.3 Å². The minimum atomic E-state index is -0.613. The predicted molar refractivity (Wildman–Crippen MR) is 123 cm³/mol. The van der Waals surface area contributed by atoms with Crippen LogP contribution in [-0.4, -0.2) is 15.4 Å². The molecule has 0 atom stereocenters. The number of carbonyl (C=O) groups is 1. The monoisotopic (exact) mass is 475 g/mol. The van der Waals surface area contributed by atoms with Gasteiger partial charge in [0.2, 0.25) is 0 Å². The molecule has 2 radical (unpaired) electrons. The van der Waals surface area contributed by atoms with Gasteiger partial charge in [0.15, 0.2) is 0 Å². The van der Waals surface area contributed by atoms with Crippen molar-refractivity contribution in [3.63, 3.8) is 0 Å². The molecule has 29 heavy (non-hydrogen) atoms. The van der Waals surface area contributed by atoms with Crippen LogP contribution in [0, 0.1) is 13.0 Å². The topological polar surface area (TPSA) is 40.9 Å². The Morgan fingerprint density at radius 3 is 2.14 bits per heavy atom. The molecule has 0 bridgehead atoms. The summed E-state index contributed by atoms with van der Waals surface area (Å²) >= 11 is -0.556. The molecule has 1 aliphatic rings. The second-order valence-corrected chi connectivity index (χ2v) is 9.69. The molecule has 3 aromatic carbocycles. The average molecular weight is 476 g/mol. The Labute approximate surface area is 193 Å². The van der Waals surface area contributed by atoms with E-state index < -0.39 is 22.9 Å². The van der Waals surface area contributed by atoms with E-state index in [2.05, 4.69) is 55.6 Å². The Morgan fingerprint density at radius 1 is 1.00 bits per heavy atom. The number of benzene rings is 3. The van der Waals surface area contributed by atoms with Crippen molar-refractivity contribution in [1.29, 1.82) is 0 Å². The molecule has 0 aromatic heterocycles. The first-order chi connectivity index (χ1) is 14.0. The van der Waals surface area contributed by atoms with Crippen molar-refractivity contribution in [3.05, 3.63) is 101 Å². The van der Waals surface area contributed by atoms with E-state index in [1.54, 1.807) is 12.1 Å². The number of hydrogen-bond acceptors (Lipinski definition) is 1. The van der Waals surface area contributed by atoms with Gasteiger partial charge in [0.1, 0.15) is 0 Å². The third-order valence-electron chi connectivity index (χ3n) is 4.01. The fourth-order valence-electron chi connectivity index (χ4n) is 2.83. The van der Waals surface area contributed by atoms with Crippen LogP contribution in [0.1, 0.15) is 27.0 Å². The van der Waals surface area contributed by atoms with Crippen molar-refractivity contribution >= 4 is 34.0 Å². The zero-order valence-electron chi connectivity index (χ0n) is 16.7. The van der Waals surface area contributed by atoms with Gasteiger partial charge in [-0.25, -0.2) is 0 Å². The van der Waals surface area contributed by atoms with Crippen LogP contribution in [0.25, 0.3) is 16.9 Å². The molecule has 150 valence electrons. The van der Waals surface area contributed by atoms with Crippen molar-refractivity contribution in [2.45, 2.75) is 26.4 Å². The molecule has 2 nitrogen and oxygen atoms in total. The van der Waals surface area contributed by atoms with Gasteiger partial charge in [0.25, 0.3) is 0 Å². The number of carbonyl (C=O) groups excluding carboxylic acids is 1. The summed E-state index contributed by atoms with van der Waals surface area (Å²) < 4.78 is 0. The van der Waals surface area contributed by atoms with E-state index in [0.29, 0.717) is 5.56 Å². The first-order valence-corrected chi connectivity index (χ1v) is 15.2. The summed E-state index contributed by atoms with van der Waals surface area (Å²) in [5, 5.41) is 0. The summed E-state index contributed by atoms with van der Waals surface area (Å²) in [6, 6.07) is 25.2. The molecule has 0 heterocycles. The molecule has 0 unspecified atom stereocenters. The molecule has 1 aliphatic carbocycles. The van der Waals surface area contributed by atoms with Crippen molar-refractivity contribution in [3.8, 4) is 11.1 Å². The maximum Gasteiger partial charge on any atom is -0.0253 e. The Balaban J connectivity index is 0.000000235. The van der Waals surface area contributed by atoms with Gasteiger partial charge < -0.3 is 10.5 Å². The smallest absolute Gasteiger partial charge is 0.0253 e. The number of rotatable bonds is 1. The van der Waals surface area contributed by atoms with Gasteiger partial charge in [0, 0.05) is 15.1 Å². The van der Waals surface area contributed by atoms with Crippen LogP contribution >= 0.6 is 18.6 Å². The van der Waals surface area contributed by atoms with Crippen LogP contribution in [0.2, 0.25) is 13.1 Å². The van der Waals surface area contributed by atoms with Crippen molar-refractivity contribution in [2.24, 2.45) is 0 Å².